The molecule has 0 aliphatic heterocycles. The minimum absolute atomic E-state index is 0.285. The van der Waals surface area contributed by atoms with E-state index in [4.69, 9.17) is 10.6 Å². The molecule has 0 unspecified atom stereocenters. The highest BCUT2D eigenvalue weighted by Crippen LogP contribution is 2.25. The first kappa shape index (κ1) is 10.9. The molecule has 0 aromatic heterocycles. The van der Waals surface area contributed by atoms with Crippen LogP contribution in [0.1, 0.15) is 18.4 Å². The SMILES string of the molecule is COc1ccc(C(=NC2CC2)NN)c(F)c1. The molecule has 2 rings (SSSR count). The number of benzene rings is 1. The number of amidine groups is 1. The van der Waals surface area contributed by atoms with Crippen LogP contribution in [0.25, 0.3) is 0 Å². The van der Waals surface area contributed by atoms with Gasteiger partial charge in [-0.1, -0.05) is 0 Å². The molecule has 0 amide bonds. The number of halogens is 1. The molecule has 4 nitrogen and oxygen atoms in total. The monoisotopic (exact) mass is 223 g/mol. The van der Waals surface area contributed by atoms with Gasteiger partial charge in [-0.25, -0.2) is 10.2 Å². The molecule has 1 aromatic carbocycles. The summed E-state index contributed by atoms with van der Waals surface area (Å²) in [6.07, 6.45) is 2.09. The van der Waals surface area contributed by atoms with Gasteiger partial charge in [0.2, 0.25) is 0 Å². The Bertz CT molecular complexity index is 416. The van der Waals surface area contributed by atoms with Crippen molar-refractivity contribution in [3.05, 3.63) is 29.6 Å². The fourth-order valence-electron chi connectivity index (χ4n) is 1.39. The molecule has 0 heterocycles. The van der Waals surface area contributed by atoms with Gasteiger partial charge in [-0.2, -0.15) is 0 Å². The van der Waals surface area contributed by atoms with Crippen molar-refractivity contribution < 1.29 is 9.13 Å². The lowest BCUT2D eigenvalue weighted by Gasteiger charge is -2.08. The van der Waals surface area contributed by atoms with Crippen LogP contribution < -0.4 is 16.0 Å². The highest BCUT2D eigenvalue weighted by atomic mass is 19.1. The van der Waals surface area contributed by atoms with Gasteiger partial charge < -0.3 is 10.2 Å². The van der Waals surface area contributed by atoms with E-state index in [1.165, 1.54) is 13.2 Å². The van der Waals surface area contributed by atoms with Crippen molar-refractivity contribution in [2.75, 3.05) is 7.11 Å². The van der Waals surface area contributed by atoms with E-state index in [2.05, 4.69) is 10.4 Å². The third-order valence-electron chi connectivity index (χ3n) is 2.43. The molecule has 0 atom stereocenters. The molecular formula is C11H14FN3O. The third-order valence-corrected chi connectivity index (χ3v) is 2.43. The summed E-state index contributed by atoms with van der Waals surface area (Å²) < 4.78 is 18.6. The lowest BCUT2D eigenvalue weighted by Crippen LogP contribution is -2.32. The minimum Gasteiger partial charge on any atom is -0.497 e. The van der Waals surface area contributed by atoms with E-state index in [1.807, 2.05) is 0 Å². The quantitative estimate of drug-likeness (QED) is 0.350. The van der Waals surface area contributed by atoms with Crippen molar-refractivity contribution in [1.82, 2.24) is 5.43 Å². The zero-order valence-electron chi connectivity index (χ0n) is 9.03. The predicted octanol–water partition coefficient (Wildman–Crippen LogP) is 1.21. The third kappa shape index (κ3) is 2.30. The first-order valence-electron chi connectivity index (χ1n) is 5.13. The summed E-state index contributed by atoms with van der Waals surface area (Å²) in [5.74, 6) is 5.82. The zero-order chi connectivity index (χ0) is 11.5. The summed E-state index contributed by atoms with van der Waals surface area (Å²) in [7, 11) is 1.49. The highest BCUT2D eigenvalue weighted by molar-refractivity contribution is 5.98. The lowest BCUT2D eigenvalue weighted by molar-refractivity contribution is 0.411. The molecule has 5 heteroatoms. The van der Waals surface area contributed by atoms with Gasteiger partial charge in [-0.15, -0.1) is 0 Å². The van der Waals surface area contributed by atoms with Gasteiger partial charge in [0.05, 0.1) is 18.7 Å². The van der Waals surface area contributed by atoms with E-state index in [9.17, 15) is 4.39 Å². The predicted molar refractivity (Wildman–Crippen MR) is 59.8 cm³/mol. The molecule has 1 aliphatic rings. The number of rotatable bonds is 3. The number of nitrogens with two attached hydrogens (primary N) is 1. The van der Waals surface area contributed by atoms with E-state index in [0.29, 0.717) is 17.1 Å². The fraction of sp³-hybridized carbons (Fsp3) is 0.364. The van der Waals surface area contributed by atoms with E-state index < -0.39 is 5.82 Å². The number of hydrogen-bond acceptors (Lipinski definition) is 3. The Kier molecular flexibility index (Phi) is 3.05. The average molecular weight is 223 g/mol. The Balaban J connectivity index is 2.30. The Hall–Kier alpha value is -1.62. The van der Waals surface area contributed by atoms with E-state index in [0.717, 1.165) is 12.8 Å². The fourth-order valence-corrected chi connectivity index (χ4v) is 1.39. The molecule has 1 saturated carbocycles. The van der Waals surface area contributed by atoms with Gasteiger partial charge in [0, 0.05) is 6.07 Å². The zero-order valence-corrected chi connectivity index (χ0v) is 9.03. The van der Waals surface area contributed by atoms with Crippen LogP contribution in [0.3, 0.4) is 0 Å². The lowest BCUT2D eigenvalue weighted by atomic mass is 10.2. The summed E-state index contributed by atoms with van der Waals surface area (Å²) in [4.78, 5) is 4.29. The number of methoxy groups -OCH3 is 1. The first-order valence-corrected chi connectivity index (χ1v) is 5.13. The molecule has 16 heavy (non-hydrogen) atoms. The highest BCUT2D eigenvalue weighted by Gasteiger charge is 2.22. The van der Waals surface area contributed by atoms with Crippen LogP contribution in [0, 0.1) is 5.82 Å². The maximum Gasteiger partial charge on any atom is 0.145 e. The maximum absolute atomic E-state index is 13.7. The second kappa shape index (κ2) is 4.49. The van der Waals surface area contributed by atoms with Crippen molar-refractivity contribution in [3.8, 4) is 5.75 Å². The number of hydrogen-bond donors (Lipinski definition) is 2. The van der Waals surface area contributed by atoms with Crippen LogP contribution in [-0.2, 0) is 0 Å². The summed E-state index contributed by atoms with van der Waals surface area (Å²) in [5, 5.41) is 0. The van der Waals surface area contributed by atoms with Crippen molar-refractivity contribution in [1.29, 1.82) is 0 Å². The average Bonchev–Trinajstić information content (AvgIpc) is 3.10. The second-order valence-electron chi connectivity index (χ2n) is 3.70. The van der Waals surface area contributed by atoms with Crippen LogP contribution in [0.4, 0.5) is 4.39 Å². The molecule has 0 bridgehead atoms. The standard InChI is InChI=1S/C11H14FN3O/c1-16-8-4-5-9(10(12)6-8)11(15-13)14-7-2-3-7/h4-7H,2-3,13H2,1H3,(H,14,15). The molecule has 0 radical (unpaired) electrons. The molecule has 1 aromatic rings. The second-order valence-corrected chi connectivity index (χ2v) is 3.70. The number of nitrogens with zero attached hydrogens (tertiary/aromatic N) is 1. The Labute approximate surface area is 93.3 Å². The molecule has 86 valence electrons. The topological polar surface area (TPSA) is 59.6 Å². The van der Waals surface area contributed by atoms with Crippen molar-refractivity contribution in [3.63, 3.8) is 0 Å². The Morgan fingerprint density at radius 1 is 1.56 bits per heavy atom. The van der Waals surface area contributed by atoms with Gasteiger partial charge in [-0.05, 0) is 25.0 Å². The maximum atomic E-state index is 13.7. The van der Waals surface area contributed by atoms with Crippen molar-refractivity contribution in [2.45, 2.75) is 18.9 Å². The molecule has 0 spiro atoms. The normalized spacial score (nSPS) is 16.1. The summed E-state index contributed by atoms with van der Waals surface area (Å²) in [6.45, 7) is 0. The number of nitrogens with one attached hydrogen (secondary N) is 1. The van der Waals surface area contributed by atoms with E-state index >= 15 is 0 Å². The van der Waals surface area contributed by atoms with Gasteiger partial charge in [0.15, 0.2) is 0 Å². The Morgan fingerprint density at radius 3 is 2.81 bits per heavy atom. The summed E-state index contributed by atoms with van der Waals surface area (Å²) >= 11 is 0. The number of aliphatic imine (C=N–C) groups is 1. The summed E-state index contributed by atoms with van der Waals surface area (Å²) in [6, 6.07) is 4.88. The van der Waals surface area contributed by atoms with Crippen LogP contribution in [0.5, 0.6) is 5.75 Å². The van der Waals surface area contributed by atoms with Gasteiger partial charge in [0.1, 0.15) is 17.4 Å². The minimum atomic E-state index is -0.392. The van der Waals surface area contributed by atoms with E-state index in [1.54, 1.807) is 12.1 Å². The smallest absolute Gasteiger partial charge is 0.145 e. The van der Waals surface area contributed by atoms with Crippen LogP contribution in [0.15, 0.2) is 23.2 Å². The van der Waals surface area contributed by atoms with Gasteiger partial charge in [-0.3, -0.25) is 4.99 Å². The van der Waals surface area contributed by atoms with Crippen LogP contribution in [0.2, 0.25) is 0 Å². The number of ether oxygens (including phenoxy) is 1. The van der Waals surface area contributed by atoms with Crippen LogP contribution in [-0.4, -0.2) is 19.0 Å². The molecule has 0 saturated heterocycles. The van der Waals surface area contributed by atoms with Crippen molar-refractivity contribution in [2.24, 2.45) is 10.8 Å². The molecule has 1 aliphatic carbocycles. The van der Waals surface area contributed by atoms with Gasteiger partial charge in [0.25, 0.3) is 0 Å². The molecule has 1 fully saturated rings. The number of hydrazine groups is 1. The van der Waals surface area contributed by atoms with Gasteiger partial charge >= 0.3 is 0 Å². The Morgan fingerprint density at radius 2 is 2.31 bits per heavy atom. The first-order chi connectivity index (χ1) is 7.74. The largest absolute Gasteiger partial charge is 0.497 e. The molecular weight excluding hydrogens is 209 g/mol. The molecule has 3 N–H and O–H groups in total. The summed E-state index contributed by atoms with van der Waals surface area (Å²) in [5.41, 5.74) is 2.81. The van der Waals surface area contributed by atoms with Crippen molar-refractivity contribution >= 4 is 5.84 Å². The van der Waals surface area contributed by atoms with Crippen LogP contribution >= 0.6 is 0 Å². The van der Waals surface area contributed by atoms with E-state index in [-0.39, 0.29) is 6.04 Å².